The number of rotatable bonds is 2. The van der Waals surface area contributed by atoms with Crippen molar-refractivity contribution in [2.75, 3.05) is 0 Å². The molecule has 2 aromatic heterocycles. The molecule has 4 heteroatoms. The van der Waals surface area contributed by atoms with Crippen molar-refractivity contribution < 1.29 is 0 Å². The number of thiophene rings is 1. The lowest BCUT2D eigenvalue weighted by Crippen LogP contribution is -2.12. The second-order valence-electron chi connectivity index (χ2n) is 2.92. The van der Waals surface area contributed by atoms with Crippen molar-refractivity contribution in [2.24, 2.45) is 5.73 Å². The molecule has 0 aliphatic carbocycles. The lowest BCUT2D eigenvalue weighted by Gasteiger charge is -2.07. The summed E-state index contributed by atoms with van der Waals surface area (Å²) in [6, 6.07) is 1.96. The Hall–Kier alpha value is -1.13. The van der Waals surface area contributed by atoms with Gasteiger partial charge in [0, 0.05) is 17.3 Å². The summed E-state index contributed by atoms with van der Waals surface area (Å²) in [7, 11) is 0. The van der Waals surface area contributed by atoms with Gasteiger partial charge < -0.3 is 10.7 Å². The average molecular weight is 193 g/mol. The fraction of sp³-hybridized carbons (Fsp3) is 0.222. The molecule has 0 amide bonds. The smallest absolute Gasteiger partial charge is 0.128 e. The van der Waals surface area contributed by atoms with Crippen molar-refractivity contribution in [2.45, 2.75) is 13.0 Å². The zero-order valence-electron chi connectivity index (χ0n) is 7.32. The molecule has 0 radical (unpaired) electrons. The first-order valence-electron chi connectivity index (χ1n) is 4.08. The van der Waals surface area contributed by atoms with Gasteiger partial charge in [0.1, 0.15) is 5.82 Å². The van der Waals surface area contributed by atoms with Crippen LogP contribution in [0.1, 0.15) is 22.3 Å². The van der Waals surface area contributed by atoms with Crippen molar-refractivity contribution in [1.82, 2.24) is 9.97 Å². The third-order valence-corrected chi connectivity index (χ3v) is 3.10. The van der Waals surface area contributed by atoms with Crippen LogP contribution < -0.4 is 5.73 Å². The Morgan fingerprint density at radius 1 is 1.62 bits per heavy atom. The number of hydrogen-bond donors (Lipinski definition) is 2. The maximum atomic E-state index is 6.02. The van der Waals surface area contributed by atoms with Gasteiger partial charge in [-0.25, -0.2) is 4.98 Å². The van der Waals surface area contributed by atoms with Crippen LogP contribution in [0.4, 0.5) is 0 Å². The Balaban J connectivity index is 2.33. The number of H-pyrrole nitrogens is 1. The first kappa shape index (κ1) is 8.47. The molecule has 3 nitrogen and oxygen atoms in total. The highest BCUT2D eigenvalue weighted by Gasteiger charge is 2.14. The number of imidazole rings is 1. The minimum atomic E-state index is -0.116. The summed E-state index contributed by atoms with van der Waals surface area (Å²) in [6.07, 6.45) is 3.51. The highest BCUT2D eigenvalue weighted by Crippen LogP contribution is 2.25. The second-order valence-corrected chi connectivity index (χ2v) is 3.87. The molecular weight excluding hydrogens is 182 g/mol. The first-order valence-corrected chi connectivity index (χ1v) is 4.96. The zero-order chi connectivity index (χ0) is 9.26. The summed E-state index contributed by atoms with van der Waals surface area (Å²) in [5.41, 5.74) is 7.25. The predicted octanol–water partition coefficient (Wildman–Crippen LogP) is 1.83. The normalized spacial score (nSPS) is 13.1. The zero-order valence-corrected chi connectivity index (χ0v) is 8.14. The Morgan fingerprint density at radius 2 is 2.46 bits per heavy atom. The molecule has 0 aromatic carbocycles. The molecule has 0 bridgehead atoms. The van der Waals surface area contributed by atoms with Crippen LogP contribution in [0.2, 0.25) is 0 Å². The highest BCUT2D eigenvalue weighted by atomic mass is 32.1. The topological polar surface area (TPSA) is 54.7 Å². The minimum absolute atomic E-state index is 0.116. The molecule has 0 aliphatic heterocycles. The number of nitrogens with zero attached hydrogens (tertiary/aromatic N) is 1. The molecule has 0 aliphatic rings. The van der Waals surface area contributed by atoms with Crippen LogP contribution >= 0.6 is 11.3 Å². The second kappa shape index (κ2) is 3.32. The minimum Gasteiger partial charge on any atom is -0.347 e. The van der Waals surface area contributed by atoms with Gasteiger partial charge in [-0.05, 0) is 23.9 Å². The Bertz CT molecular complexity index is 377. The monoisotopic (exact) mass is 193 g/mol. The molecule has 1 atom stereocenters. The molecule has 2 aromatic rings. The van der Waals surface area contributed by atoms with Crippen molar-refractivity contribution in [3.63, 3.8) is 0 Å². The van der Waals surface area contributed by atoms with E-state index in [2.05, 4.69) is 23.0 Å². The van der Waals surface area contributed by atoms with E-state index in [0.29, 0.717) is 0 Å². The number of nitrogens with one attached hydrogen (secondary N) is 1. The quantitative estimate of drug-likeness (QED) is 0.764. The van der Waals surface area contributed by atoms with Crippen molar-refractivity contribution >= 4 is 11.3 Å². The van der Waals surface area contributed by atoms with E-state index >= 15 is 0 Å². The Kier molecular flexibility index (Phi) is 2.16. The molecule has 3 N–H and O–H groups in total. The SMILES string of the molecule is Cc1ccsc1C(N)c1ncc[nH]1. The third-order valence-electron chi connectivity index (χ3n) is 2.00. The van der Waals surface area contributed by atoms with Crippen LogP contribution in [0.3, 0.4) is 0 Å². The molecular formula is C9H11N3S. The first-order chi connectivity index (χ1) is 6.29. The van der Waals surface area contributed by atoms with Crippen LogP contribution in [0.15, 0.2) is 23.8 Å². The molecule has 0 spiro atoms. The lowest BCUT2D eigenvalue weighted by molar-refractivity contribution is 0.811. The van der Waals surface area contributed by atoms with Gasteiger partial charge in [-0.1, -0.05) is 0 Å². The van der Waals surface area contributed by atoms with Crippen molar-refractivity contribution in [1.29, 1.82) is 0 Å². The summed E-state index contributed by atoms with van der Waals surface area (Å²) in [4.78, 5) is 8.34. The number of nitrogens with two attached hydrogens (primary N) is 1. The molecule has 0 saturated heterocycles. The maximum absolute atomic E-state index is 6.02. The molecule has 2 heterocycles. The summed E-state index contributed by atoms with van der Waals surface area (Å²) < 4.78 is 0. The van der Waals surface area contributed by atoms with E-state index in [-0.39, 0.29) is 6.04 Å². The summed E-state index contributed by atoms with van der Waals surface area (Å²) in [5, 5.41) is 2.05. The van der Waals surface area contributed by atoms with Crippen LogP contribution in [0.5, 0.6) is 0 Å². The summed E-state index contributed by atoms with van der Waals surface area (Å²) in [6.45, 7) is 2.06. The fourth-order valence-corrected chi connectivity index (χ4v) is 2.21. The fourth-order valence-electron chi connectivity index (χ4n) is 1.27. The average Bonchev–Trinajstić information content (AvgIpc) is 2.72. The van der Waals surface area contributed by atoms with Crippen LogP contribution in [-0.4, -0.2) is 9.97 Å². The predicted molar refractivity (Wildman–Crippen MR) is 53.7 cm³/mol. The number of hydrogen-bond acceptors (Lipinski definition) is 3. The Morgan fingerprint density at radius 3 is 3.00 bits per heavy atom. The van der Waals surface area contributed by atoms with Gasteiger partial charge in [0.05, 0.1) is 6.04 Å². The molecule has 2 rings (SSSR count). The summed E-state index contributed by atoms with van der Waals surface area (Å²) >= 11 is 1.67. The van der Waals surface area contributed by atoms with E-state index in [1.165, 1.54) is 10.4 Å². The number of aromatic amines is 1. The van der Waals surface area contributed by atoms with E-state index in [9.17, 15) is 0 Å². The van der Waals surface area contributed by atoms with E-state index in [1.54, 1.807) is 23.7 Å². The van der Waals surface area contributed by atoms with Gasteiger partial charge in [0.2, 0.25) is 0 Å². The van der Waals surface area contributed by atoms with Crippen molar-refractivity contribution in [3.8, 4) is 0 Å². The molecule has 1 unspecified atom stereocenters. The molecule has 68 valence electrons. The van der Waals surface area contributed by atoms with Crippen LogP contribution in [-0.2, 0) is 0 Å². The van der Waals surface area contributed by atoms with E-state index in [4.69, 9.17) is 5.73 Å². The highest BCUT2D eigenvalue weighted by molar-refractivity contribution is 7.10. The van der Waals surface area contributed by atoms with Gasteiger partial charge in [-0.2, -0.15) is 0 Å². The van der Waals surface area contributed by atoms with Gasteiger partial charge >= 0.3 is 0 Å². The van der Waals surface area contributed by atoms with E-state index < -0.39 is 0 Å². The number of aromatic nitrogens is 2. The number of aryl methyl sites for hydroxylation is 1. The van der Waals surface area contributed by atoms with E-state index in [0.717, 1.165) is 5.82 Å². The molecule has 0 fully saturated rings. The molecule has 13 heavy (non-hydrogen) atoms. The van der Waals surface area contributed by atoms with Gasteiger partial charge in [0.25, 0.3) is 0 Å². The van der Waals surface area contributed by atoms with Gasteiger partial charge in [-0.3, -0.25) is 0 Å². The van der Waals surface area contributed by atoms with E-state index in [1.807, 2.05) is 5.38 Å². The summed E-state index contributed by atoms with van der Waals surface area (Å²) in [5.74, 6) is 0.825. The van der Waals surface area contributed by atoms with Crippen LogP contribution in [0, 0.1) is 6.92 Å². The third kappa shape index (κ3) is 1.50. The van der Waals surface area contributed by atoms with Crippen molar-refractivity contribution in [3.05, 3.63) is 40.1 Å². The lowest BCUT2D eigenvalue weighted by atomic mass is 10.2. The van der Waals surface area contributed by atoms with Crippen LogP contribution in [0.25, 0.3) is 0 Å². The van der Waals surface area contributed by atoms with Gasteiger partial charge in [0.15, 0.2) is 0 Å². The van der Waals surface area contributed by atoms with Gasteiger partial charge in [-0.15, -0.1) is 11.3 Å². The molecule has 0 saturated carbocycles. The maximum Gasteiger partial charge on any atom is 0.128 e. The standard InChI is InChI=1S/C9H11N3S/c1-6-2-5-13-8(6)7(10)9-11-3-4-12-9/h2-5,7H,10H2,1H3,(H,11,12). The Labute approximate surface area is 80.6 Å². The largest absolute Gasteiger partial charge is 0.347 e.